The van der Waals surface area contributed by atoms with Crippen molar-refractivity contribution in [2.24, 2.45) is 0 Å². The third-order valence-corrected chi connectivity index (χ3v) is 5.58. The van der Waals surface area contributed by atoms with E-state index in [1.165, 1.54) is 45.8 Å². The lowest BCUT2D eigenvalue weighted by Crippen LogP contribution is -1.99. The Labute approximate surface area is 143 Å². The molecule has 0 fully saturated rings. The fourth-order valence-electron chi connectivity index (χ4n) is 2.98. The predicted octanol–water partition coefficient (Wildman–Crippen LogP) is 5.94. The number of rotatable bonds is 5. The minimum Gasteiger partial charge on any atom is -0.256 e. The van der Waals surface area contributed by atoms with Gasteiger partial charge in [-0.2, -0.15) is 0 Å². The molecular weight excluding hydrogens is 298 g/mol. The molecule has 1 aliphatic heterocycles. The van der Waals surface area contributed by atoms with E-state index in [1.807, 2.05) is 24.0 Å². The smallest absolute Gasteiger partial charge is 0.0684 e. The molecular formula is C21H23NS. The van der Waals surface area contributed by atoms with Gasteiger partial charge in [0.25, 0.3) is 0 Å². The molecule has 0 saturated carbocycles. The van der Waals surface area contributed by atoms with Crippen LogP contribution < -0.4 is 0 Å². The van der Waals surface area contributed by atoms with Gasteiger partial charge in [-0.25, -0.2) is 0 Å². The van der Waals surface area contributed by atoms with Crippen molar-refractivity contribution in [2.75, 3.05) is 5.75 Å². The van der Waals surface area contributed by atoms with Crippen LogP contribution in [-0.4, -0.2) is 10.7 Å². The van der Waals surface area contributed by atoms with Gasteiger partial charge < -0.3 is 0 Å². The highest BCUT2D eigenvalue weighted by molar-refractivity contribution is 7.99. The first-order valence-electron chi connectivity index (χ1n) is 8.19. The van der Waals surface area contributed by atoms with Crippen molar-refractivity contribution in [1.82, 2.24) is 4.98 Å². The second-order valence-electron chi connectivity index (χ2n) is 6.15. The zero-order chi connectivity index (χ0) is 16.2. The summed E-state index contributed by atoms with van der Waals surface area (Å²) in [5.74, 6) is 1.23. The monoisotopic (exact) mass is 321 g/mol. The van der Waals surface area contributed by atoms with Crippen molar-refractivity contribution in [2.45, 2.75) is 37.5 Å². The third kappa shape index (κ3) is 3.76. The van der Waals surface area contributed by atoms with Crippen molar-refractivity contribution < 1.29 is 0 Å². The van der Waals surface area contributed by atoms with Crippen molar-refractivity contribution in [3.05, 3.63) is 72.1 Å². The third-order valence-electron chi connectivity index (χ3n) is 4.40. The van der Waals surface area contributed by atoms with Crippen LogP contribution >= 0.6 is 11.8 Å². The maximum Gasteiger partial charge on any atom is 0.0684 e. The van der Waals surface area contributed by atoms with Crippen LogP contribution in [-0.2, 0) is 6.42 Å². The molecule has 0 bridgehead atoms. The zero-order valence-electron chi connectivity index (χ0n) is 13.8. The summed E-state index contributed by atoms with van der Waals surface area (Å²) in [6.07, 6.45) is 6.17. The van der Waals surface area contributed by atoms with Crippen molar-refractivity contribution in [3.63, 3.8) is 0 Å². The fraction of sp³-hybridized carbons (Fsp3) is 0.286. The number of aromatic nitrogens is 1. The second-order valence-corrected chi connectivity index (χ2v) is 7.29. The summed E-state index contributed by atoms with van der Waals surface area (Å²) in [6.45, 7) is 10.6. The molecule has 2 heterocycles. The summed E-state index contributed by atoms with van der Waals surface area (Å²) in [5.41, 5.74) is 7.26. The fourth-order valence-corrected chi connectivity index (χ4v) is 4.05. The molecule has 23 heavy (non-hydrogen) atoms. The molecule has 3 rings (SSSR count). The normalized spacial score (nSPS) is 13.4. The lowest BCUT2D eigenvalue weighted by Gasteiger charge is -2.17. The second kappa shape index (κ2) is 7.18. The van der Waals surface area contributed by atoms with Gasteiger partial charge >= 0.3 is 0 Å². The van der Waals surface area contributed by atoms with Gasteiger partial charge in [-0.15, -0.1) is 11.8 Å². The number of allylic oxidation sites excluding steroid dienone is 2. The van der Waals surface area contributed by atoms with Gasteiger partial charge in [-0.3, -0.25) is 4.98 Å². The van der Waals surface area contributed by atoms with E-state index >= 15 is 0 Å². The van der Waals surface area contributed by atoms with E-state index in [0.717, 1.165) is 24.1 Å². The number of thioether (sulfide) groups is 1. The summed E-state index contributed by atoms with van der Waals surface area (Å²) < 4.78 is 0. The Morgan fingerprint density at radius 3 is 2.83 bits per heavy atom. The number of benzene rings is 1. The molecule has 0 N–H and O–H groups in total. The molecule has 1 nitrogen and oxygen atoms in total. The largest absolute Gasteiger partial charge is 0.256 e. The van der Waals surface area contributed by atoms with Gasteiger partial charge in [-0.1, -0.05) is 31.4 Å². The van der Waals surface area contributed by atoms with Crippen molar-refractivity contribution >= 4 is 22.9 Å². The molecule has 0 aliphatic carbocycles. The number of fused-ring (bicyclic) bond motifs is 1. The number of hydrogen-bond donors (Lipinski definition) is 0. The summed E-state index contributed by atoms with van der Waals surface area (Å²) in [6, 6.07) is 10.9. The summed E-state index contributed by atoms with van der Waals surface area (Å²) in [7, 11) is 0. The molecule has 1 aromatic heterocycles. The Morgan fingerprint density at radius 1 is 1.17 bits per heavy atom. The SMILES string of the molecule is C=C(CCC(=C)c1ncccc1C)c1ccc2c(c1)SCCC2. The van der Waals surface area contributed by atoms with Crippen LogP contribution in [0.4, 0.5) is 0 Å². The van der Waals surface area contributed by atoms with E-state index in [4.69, 9.17) is 0 Å². The van der Waals surface area contributed by atoms with E-state index in [2.05, 4.69) is 49.3 Å². The van der Waals surface area contributed by atoms with Gasteiger partial charge in [0.2, 0.25) is 0 Å². The average Bonchev–Trinajstić information content (AvgIpc) is 2.59. The quantitative estimate of drug-likeness (QED) is 0.676. The van der Waals surface area contributed by atoms with Gasteiger partial charge in [0, 0.05) is 11.1 Å². The molecule has 0 spiro atoms. The topological polar surface area (TPSA) is 12.9 Å². The van der Waals surface area contributed by atoms with Crippen LogP contribution in [0.3, 0.4) is 0 Å². The van der Waals surface area contributed by atoms with Gasteiger partial charge in [0.1, 0.15) is 0 Å². The van der Waals surface area contributed by atoms with Crippen LogP contribution in [0, 0.1) is 6.92 Å². The Balaban J connectivity index is 1.66. The molecule has 1 aromatic carbocycles. The van der Waals surface area contributed by atoms with E-state index in [1.54, 1.807) is 0 Å². The van der Waals surface area contributed by atoms with E-state index in [-0.39, 0.29) is 0 Å². The van der Waals surface area contributed by atoms with Crippen LogP contribution in [0.25, 0.3) is 11.1 Å². The summed E-state index contributed by atoms with van der Waals surface area (Å²) >= 11 is 1.97. The Kier molecular flexibility index (Phi) is 5.02. The molecule has 0 amide bonds. The number of nitrogens with zero attached hydrogens (tertiary/aromatic N) is 1. The predicted molar refractivity (Wildman–Crippen MR) is 102 cm³/mol. The standard InChI is InChI=1S/C21H23NS/c1-15(8-9-17(3)21-16(2)6-4-12-22-21)19-11-10-18-7-5-13-23-20(18)14-19/h4,6,10-12,14H,1,3,5,7-9,13H2,2H3. The Morgan fingerprint density at radius 2 is 2.00 bits per heavy atom. The van der Waals surface area contributed by atoms with Crippen molar-refractivity contribution in [3.8, 4) is 0 Å². The summed E-state index contributed by atoms with van der Waals surface area (Å²) in [4.78, 5) is 5.89. The number of pyridine rings is 1. The summed E-state index contributed by atoms with van der Waals surface area (Å²) in [5, 5.41) is 0. The highest BCUT2D eigenvalue weighted by Gasteiger charge is 2.12. The van der Waals surface area contributed by atoms with Gasteiger partial charge in [0.05, 0.1) is 5.69 Å². The van der Waals surface area contributed by atoms with Crippen LogP contribution in [0.15, 0.2) is 54.6 Å². The maximum atomic E-state index is 4.45. The molecule has 2 heteroatoms. The molecule has 1 aliphatic rings. The minimum atomic E-state index is 0.904. The average molecular weight is 321 g/mol. The Hall–Kier alpha value is -1.80. The highest BCUT2D eigenvalue weighted by Crippen LogP contribution is 2.33. The molecule has 118 valence electrons. The lowest BCUT2D eigenvalue weighted by molar-refractivity contribution is 0.889. The molecule has 0 saturated heterocycles. The molecule has 0 atom stereocenters. The van der Waals surface area contributed by atoms with Crippen LogP contribution in [0.5, 0.6) is 0 Å². The minimum absolute atomic E-state index is 0.904. The first-order chi connectivity index (χ1) is 11.1. The molecule has 0 radical (unpaired) electrons. The number of aryl methyl sites for hydroxylation is 2. The van der Waals surface area contributed by atoms with E-state index in [0.29, 0.717) is 0 Å². The van der Waals surface area contributed by atoms with Gasteiger partial charge in [0.15, 0.2) is 0 Å². The first-order valence-corrected chi connectivity index (χ1v) is 9.17. The Bertz CT molecular complexity index is 745. The van der Waals surface area contributed by atoms with Crippen LogP contribution in [0.1, 0.15) is 41.6 Å². The van der Waals surface area contributed by atoms with Gasteiger partial charge in [-0.05, 0) is 78.3 Å². The van der Waals surface area contributed by atoms with E-state index < -0.39 is 0 Å². The zero-order valence-corrected chi connectivity index (χ0v) is 14.6. The molecule has 0 unspecified atom stereocenters. The molecule has 2 aromatic rings. The highest BCUT2D eigenvalue weighted by atomic mass is 32.2. The first kappa shape index (κ1) is 16.1. The lowest BCUT2D eigenvalue weighted by atomic mass is 9.96. The van der Waals surface area contributed by atoms with Crippen LogP contribution in [0.2, 0.25) is 0 Å². The maximum absolute atomic E-state index is 4.45. The number of hydrogen-bond acceptors (Lipinski definition) is 2. The van der Waals surface area contributed by atoms with Crippen molar-refractivity contribution in [1.29, 1.82) is 0 Å². The van der Waals surface area contributed by atoms with E-state index in [9.17, 15) is 0 Å².